The maximum atomic E-state index is 11.3. The van der Waals surface area contributed by atoms with E-state index < -0.39 is 12.0 Å². The predicted octanol–water partition coefficient (Wildman–Crippen LogP) is 2.77. The maximum absolute atomic E-state index is 11.3. The van der Waals surface area contributed by atoms with Crippen LogP contribution < -0.4 is 10.1 Å². The first-order valence-corrected chi connectivity index (χ1v) is 7.27. The lowest BCUT2D eigenvalue weighted by Gasteiger charge is -2.25. The summed E-state index contributed by atoms with van der Waals surface area (Å²) >= 11 is 0. The van der Waals surface area contributed by atoms with Crippen LogP contribution in [0.4, 0.5) is 0 Å². The molecule has 2 unspecified atom stereocenters. The highest BCUT2D eigenvalue weighted by Gasteiger charge is 2.25. The van der Waals surface area contributed by atoms with E-state index in [0.717, 1.165) is 30.8 Å². The van der Waals surface area contributed by atoms with Gasteiger partial charge >= 0.3 is 5.97 Å². The smallest absolute Gasteiger partial charge is 0.320 e. The zero-order valence-corrected chi connectivity index (χ0v) is 12.3. The van der Waals surface area contributed by atoms with Crippen molar-refractivity contribution in [2.45, 2.75) is 45.7 Å². The summed E-state index contributed by atoms with van der Waals surface area (Å²) in [6, 6.07) is 5.70. The fourth-order valence-electron chi connectivity index (χ4n) is 2.64. The van der Waals surface area contributed by atoms with Crippen molar-refractivity contribution in [1.82, 2.24) is 5.32 Å². The van der Waals surface area contributed by atoms with Gasteiger partial charge < -0.3 is 9.84 Å². The van der Waals surface area contributed by atoms with E-state index in [9.17, 15) is 9.90 Å². The molecule has 0 amide bonds. The lowest BCUT2D eigenvalue weighted by Crippen LogP contribution is -2.42. The van der Waals surface area contributed by atoms with Gasteiger partial charge in [-0.1, -0.05) is 32.9 Å². The maximum Gasteiger partial charge on any atom is 0.320 e. The molecule has 20 heavy (non-hydrogen) atoms. The van der Waals surface area contributed by atoms with E-state index in [-0.39, 0.29) is 12.0 Å². The van der Waals surface area contributed by atoms with E-state index in [1.807, 2.05) is 26.0 Å². The molecule has 1 aliphatic rings. The molecule has 0 radical (unpaired) electrons. The van der Waals surface area contributed by atoms with Crippen molar-refractivity contribution in [1.29, 1.82) is 0 Å². The minimum Gasteiger partial charge on any atom is -0.493 e. The lowest BCUT2D eigenvalue weighted by molar-refractivity contribution is -0.140. The van der Waals surface area contributed by atoms with Gasteiger partial charge in [-0.05, 0) is 29.5 Å². The second-order valence-electron chi connectivity index (χ2n) is 5.65. The molecule has 2 rings (SSSR count). The summed E-state index contributed by atoms with van der Waals surface area (Å²) in [6.45, 7) is 6.66. The Morgan fingerprint density at radius 2 is 2.20 bits per heavy atom. The second kappa shape index (κ2) is 6.27. The van der Waals surface area contributed by atoms with Crippen LogP contribution in [-0.2, 0) is 11.2 Å². The molecule has 1 heterocycles. The summed E-state index contributed by atoms with van der Waals surface area (Å²) in [5, 5.41) is 12.6. The third-order valence-corrected chi connectivity index (χ3v) is 3.84. The molecule has 4 heteroatoms. The number of fused-ring (bicyclic) bond motifs is 1. The Kier molecular flexibility index (Phi) is 4.65. The number of hydrogen-bond acceptors (Lipinski definition) is 3. The number of carbonyl (C=O) groups is 1. The second-order valence-corrected chi connectivity index (χ2v) is 5.65. The van der Waals surface area contributed by atoms with Gasteiger partial charge in [-0.25, -0.2) is 0 Å². The predicted molar refractivity (Wildman–Crippen MR) is 78.1 cm³/mol. The van der Waals surface area contributed by atoms with Crippen LogP contribution in [0.2, 0.25) is 0 Å². The van der Waals surface area contributed by atoms with Crippen molar-refractivity contribution in [2.24, 2.45) is 5.92 Å². The van der Waals surface area contributed by atoms with Gasteiger partial charge in [0.2, 0.25) is 0 Å². The normalized spacial score (nSPS) is 16.6. The van der Waals surface area contributed by atoms with Gasteiger partial charge in [-0.2, -0.15) is 0 Å². The van der Waals surface area contributed by atoms with Crippen LogP contribution >= 0.6 is 0 Å². The summed E-state index contributed by atoms with van der Waals surface area (Å²) in [5.74, 6) is 0.226. The minimum absolute atomic E-state index is 0.0549. The number of rotatable bonds is 6. The molecule has 0 aromatic heterocycles. The number of carboxylic acid groups (broad SMARTS) is 1. The Labute approximate surface area is 120 Å². The first-order chi connectivity index (χ1) is 9.52. The molecular weight excluding hydrogens is 254 g/mol. The quantitative estimate of drug-likeness (QED) is 0.839. The number of aliphatic carboxylic acids is 1. The van der Waals surface area contributed by atoms with Crippen LogP contribution in [0.15, 0.2) is 18.2 Å². The van der Waals surface area contributed by atoms with Gasteiger partial charge in [-0.3, -0.25) is 10.1 Å². The van der Waals surface area contributed by atoms with Gasteiger partial charge in [0.1, 0.15) is 11.8 Å². The molecule has 0 saturated carbocycles. The van der Waals surface area contributed by atoms with Crippen LogP contribution in [0.1, 0.15) is 44.4 Å². The average Bonchev–Trinajstić information content (AvgIpc) is 2.86. The number of ether oxygens (including phenoxy) is 1. The highest BCUT2D eigenvalue weighted by atomic mass is 16.5. The summed E-state index contributed by atoms with van der Waals surface area (Å²) in [4.78, 5) is 11.3. The zero-order chi connectivity index (χ0) is 14.7. The summed E-state index contributed by atoms with van der Waals surface area (Å²) in [7, 11) is 0. The number of nitrogens with one attached hydrogen (secondary N) is 1. The van der Waals surface area contributed by atoms with E-state index >= 15 is 0 Å². The average molecular weight is 277 g/mol. The standard InChI is InChI=1S/C16H23NO3/c1-4-13(17-15(10(2)3)16(18)19)11-5-6-14-12(9-11)7-8-20-14/h5-6,9-10,13,15,17H,4,7-8H2,1-3H3,(H,18,19). The SMILES string of the molecule is CCC(NC(C(=O)O)C(C)C)c1ccc2c(c1)CCO2. The van der Waals surface area contributed by atoms with Crippen LogP contribution in [0, 0.1) is 5.92 Å². The Morgan fingerprint density at radius 1 is 1.45 bits per heavy atom. The van der Waals surface area contributed by atoms with Gasteiger partial charge in [0, 0.05) is 12.5 Å². The van der Waals surface area contributed by atoms with Crippen molar-refractivity contribution in [2.75, 3.05) is 6.61 Å². The third-order valence-electron chi connectivity index (χ3n) is 3.84. The van der Waals surface area contributed by atoms with Crippen molar-refractivity contribution in [3.8, 4) is 5.75 Å². The van der Waals surface area contributed by atoms with E-state index in [1.165, 1.54) is 5.56 Å². The molecule has 1 aromatic carbocycles. The molecule has 4 nitrogen and oxygen atoms in total. The molecule has 110 valence electrons. The van der Waals surface area contributed by atoms with E-state index in [2.05, 4.69) is 18.3 Å². The largest absolute Gasteiger partial charge is 0.493 e. The summed E-state index contributed by atoms with van der Waals surface area (Å²) < 4.78 is 5.51. The Hall–Kier alpha value is -1.55. The molecule has 1 aliphatic heterocycles. The summed E-state index contributed by atoms with van der Waals surface area (Å²) in [6.07, 6.45) is 1.79. The van der Waals surface area contributed by atoms with Crippen LogP contribution in [0.5, 0.6) is 5.75 Å². The molecule has 0 bridgehead atoms. The molecule has 0 saturated heterocycles. The first-order valence-electron chi connectivity index (χ1n) is 7.27. The van der Waals surface area contributed by atoms with Crippen molar-refractivity contribution < 1.29 is 14.6 Å². The summed E-state index contributed by atoms with van der Waals surface area (Å²) in [5.41, 5.74) is 2.36. The fraction of sp³-hybridized carbons (Fsp3) is 0.562. The number of hydrogen-bond donors (Lipinski definition) is 2. The third kappa shape index (κ3) is 3.12. The van der Waals surface area contributed by atoms with Crippen LogP contribution in [0.25, 0.3) is 0 Å². The highest BCUT2D eigenvalue weighted by molar-refractivity contribution is 5.73. The molecule has 0 fully saturated rings. The first kappa shape index (κ1) is 14.9. The molecule has 2 N–H and O–H groups in total. The Bertz CT molecular complexity index is 485. The van der Waals surface area contributed by atoms with Crippen molar-refractivity contribution in [3.63, 3.8) is 0 Å². The van der Waals surface area contributed by atoms with Gasteiger partial charge in [0.15, 0.2) is 0 Å². The molecule has 2 atom stereocenters. The van der Waals surface area contributed by atoms with E-state index in [0.29, 0.717) is 0 Å². The Balaban J connectivity index is 2.17. The van der Waals surface area contributed by atoms with Crippen molar-refractivity contribution >= 4 is 5.97 Å². The fourth-order valence-corrected chi connectivity index (χ4v) is 2.64. The number of carboxylic acids is 1. The molecule has 0 aliphatic carbocycles. The lowest BCUT2D eigenvalue weighted by atomic mass is 9.97. The van der Waals surface area contributed by atoms with Gasteiger partial charge in [0.25, 0.3) is 0 Å². The van der Waals surface area contributed by atoms with Crippen molar-refractivity contribution in [3.05, 3.63) is 29.3 Å². The van der Waals surface area contributed by atoms with Crippen LogP contribution in [0.3, 0.4) is 0 Å². The number of benzene rings is 1. The molecular formula is C16H23NO3. The zero-order valence-electron chi connectivity index (χ0n) is 12.3. The topological polar surface area (TPSA) is 58.6 Å². The Morgan fingerprint density at radius 3 is 2.80 bits per heavy atom. The monoisotopic (exact) mass is 277 g/mol. The van der Waals surface area contributed by atoms with Gasteiger partial charge in [-0.15, -0.1) is 0 Å². The molecule has 0 spiro atoms. The molecule has 1 aromatic rings. The minimum atomic E-state index is -0.789. The van der Waals surface area contributed by atoms with E-state index in [1.54, 1.807) is 0 Å². The van der Waals surface area contributed by atoms with Crippen LogP contribution in [-0.4, -0.2) is 23.7 Å². The highest BCUT2D eigenvalue weighted by Crippen LogP contribution is 2.29. The van der Waals surface area contributed by atoms with E-state index in [4.69, 9.17) is 4.74 Å². The van der Waals surface area contributed by atoms with Gasteiger partial charge in [0.05, 0.1) is 6.61 Å².